The van der Waals surface area contributed by atoms with Crippen LogP contribution in [0.15, 0.2) is 41.3 Å². The fourth-order valence-electron chi connectivity index (χ4n) is 1.87. The lowest BCUT2D eigenvalue weighted by Gasteiger charge is -2.18. The molecule has 2 N–H and O–H groups in total. The molecule has 0 radical (unpaired) electrons. The predicted octanol–water partition coefficient (Wildman–Crippen LogP) is 3.25. The highest BCUT2D eigenvalue weighted by Gasteiger charge is 2.17. The molecule has 1 aromatic heterocycles. The fourth-order valence-corrected chi connectivity index (χ4v) is 3.79. The van der Waals surface area contributed by atoms with E-state index in [9.17, 15) is 9.59 Å². The molecule has 0 unspecified atom stereocenters. The van der Waals surface area contributed by atoms with Gasteiger partial charge in [-0.1, -0.05) is 23.7 Å². The number of halogens is 1. The monoisotopic (exact) mass is 354 g/mol. The Morgan fingerprint density at radius 3 is 2.64 bits per heavy atom. The lowest BCUT2D eigenvalue weighted by atomic mass is 10.2. The Morgan fingerprint density at radius 1 is 1.27 bits per heavy atom. The van der Waals surface area contributed by atoms with Crippen LogP contribution in [0.2, 0.25) is 4.34 Å². The molecule has 0 saturated carbocycles. The summed E-state index contributed by atoms with van der Waals surface area (Å²) in [5, 5.41) is 0. The number of nitrogens with two attached hydrogens (primary N) is 1. The molecule has 1 aromatic carbocycles. The Balaban J connectivity index is 2.12. The lowest BCUT2D eigenvalue weighted by Crippen LogP contribution is -2.26. The van der Waals surface area contributed by atoms with E-state index < -0.39 is 5.91 Å². The van der Waals surface area contributed by atoms with Crippen LogP contribution in [-0.2, 0) is 11.3 Å². The van der Waals surface area contributed by atoms with Crippen LogP contribution in [0.4, 0.5) is 0 Å². The Morgan fingerprint density at radius 2 is 2.00 bits per heavy atom. The quantitative estimate of drug-likeness (QED) is 0.810. The molecule has 0 aliphatic rings. The summed E-state index contributed by atoms with van der Waals surface area (Å²) in [6, 6.07) is 10.9. The maximum atomic E-state index is 12.6. The SMILES string of the molecule is CN(Cc1ccc(Cl)s1)C(=O)c1ccccc1SCC(N)=O. The minimum absolute atomic E-state index is 0.0999. The van der Waals surface area contributed by atoms with Crippen molar-refractivity contribution in [1.29, 1.82) is 0 Å². The van der Waals surface area contributed by atoms with E-state index in [2.05, 4.69) is 0 Å². The summed E-state index contributed by atoms with van der Waals surface area (Å²) >= 11 is 8.63. The van der Waals surface area contributed by atoms with Gasteiger partial charge in [-0.2, -0.15) is 0 Å². The number of benzene rings is 1. The summed E-state index contributed by atoms with van der Waals surface area (Å²) in [5.74, 6) is -0.361. The molecule has 116 valence electrons. The second kappa shape index (κ2) is 7.67. The summed E-state index contributed by atoms with van der Waals surface area (Å²) in [4.78, 5) is 26.9. The van der Waals surface area contributed by atoms with Gasteiger partial charge in [0.25, 0.3) is 5.91 Å². The normalized spacial score (nSPS) is 10.5. The molecule has 0 aliphatic carbocycles. The van der Waals surface area contributed by atoms with Gasteiger partial charge in [-0.05, 0) is 24.3 Å². The number of nitrogens with zero attached hydrogens (tertiary/aromatic N) is 1. The van der Waals surface area contributed by atoms with Crippen molar-refractivity contribution in [2.24, 2.45) is 5.73 Å². The van der Waals surface area contributed by atoms with Crippen molar-refractivity contribution in [2.75, 3.05) is 12.8 Å². The average Bonchev–Trinajstić information content (AvgIpc) is 2.89. The highest BCUT2D eigenvalue weighted by Crippen LogP contribution is 2.26. The first-order chi connectivity index (χ1) is 10.5. The molecule has 22 heavy (non-hydrogen) atoms. The third kappa shape index (κ3) is 4.50. The van der Waals surface area contributed by atoms with Gasteiger partial charge < -0.3 is 10.6 Å². The molecule has 1 heterocycles. The average molecular weight is 355 g/mol. The molecule has 2 amide bonds. The molecular formula is C15H15ClN2O2S2. The second-order valence-corrected chi connectivity index (χ2v) is 7.43. The highest BCUT2D eigenvalue weighted by atomic mass is 35.5. The van der Waals surface area contributed by atoms with Gasteiger partial charge in [0.2, 0.25) is 5.91 Å². The Labute approximate surface area is 142 Å². The Kier molecular flexibility index (Phi) is 5.88. The highest BCUT2D eigenvalue weighted by molar-refractivity contribution is 8.00. The molecule has 0 atom stereocenters. The van der Waals surface area contributed by atoms with E-state index in [0.717, 1.165) is 9.77 Å². The molecule has 0 bridgehead atoms. The second-order valence-electron chi connectivity index (χ2n) is 4.62. The third-order valence-electron chi connectivity index (χ3n) is 2.86. The van der Waals surface area contributed by atoms with Gasteiger partial charge in [0, 0.05) is 16.8 Å². The number of carbonyl (C=O) groups is 2. The summed E-state index contributed by atoms with van der Waals surface area (Å²) in [6.07, 6.45) is 0. The maximum Gasteiger partial charge on any atom is 0.255 e. The summed E-state index contributed by atoms with van der Waals surface area (Å²) in [5.41, 5.74) is 5.73. The van der Waals surface area contributed by atoms with E-state index in [-0.39, 0.29) is 11.7 Å². The van der Waals surface area contributed by atoms with E-state index in [4.69, 9.17) is 17.3 Å². The van der Waals surface area contributed by atoms with Crippen LogP contribution in [0.5, 0.6) is 0 Å². The van der Waals surface area contributed by atoms with Gasteiger partial charge in [0.1, 0.15) is 0 Å². The van der Waals surface area contributed by atoms with Crippen molar-refractivity contribution in [3.8, 4) is 0 Å². The summed E-state index contributed by atoms with van der Waals surface area (Å²) in [6.45, 7) is 0.491. The molecule has 2 rings (SSSR count). The molecule has 0 spiro atoms. The van der Waals surface area contributed by atoms with Crippen LogP contribution in [-0.4, -0.2) is 29.5 Å². The molecular weight excluding hydrogens is 340 g/mol. The van der Waals surface area contributed by atoms with Crippen molar-refractivity contribution in [3.05, 3.63) is 51.2 Å². The van der Waals surface area contributed by atoms with Gasteiger partial charge in [0.05, 0.1) is 22.2 Å². The molecule has 7 heteroatoms. The van der Waals surface area contributed by atoms with Crippen molar-refractivity contribution >= 4 is 46.5 Å². The van der Waals surface area contributed by atoms with Crippen LogP contribution < -0.4 is 5.73 Å². The smallest absolute Gasteiger partial charge is 0.255 e. The van der Waals surface area contributed by atoms with Crippen LogP contribution in [0, 0.1) is 0 Å². The summed E-state index contributed by atoms with van der Waals surface area (Å²) in [7, 11) is 1.74. The van der Waals surface area contributed by atoms with Gasteiger partial charge in [-0.25, -0.2) is 0 Å². The zero-order chi connectivity index (χ0) is 16.1. The zero-order valence-corrected chi connectivity index (χ0v) is 14.3. The van der Waals surface area contributed by atoms with Crippen LogP contribution in [0.1, 0.15) is 15.2 Å². The first kappa shape index (κ1) is 16.9. The number of thiophene rings is 1. The molecule has 0 fully saturated rings. The number of hydrogen-bond acceptors (Lipinski definition) is 4. The predicted molar refractivity (Wildman–Crippen MR) is 91.5 cm³/mol. The van der Waals surface area contributed by atoms with Gasteiger partial charge in [-0.3, -0.25) is 9.59 Å². The minimum atomic E-state index is -0.408. The number of hydrogen-bond donors (Lipinski definition) is 1. The van der Waals surface area contributed by atoms with Gasteiger partial charge in [0.15, 0.2) is 0 Å². The minimum Gasteiger partial charge on any atom is -0.369 e. The topological polar surface area (TPSA) is 63.4 Å². The number of primary amides is 1. The summed E-state index contributed by atoms with van der Waals surface area (Å²) < 4.78 is 0.702. The van der Waals surface area contributed by atoms with E-state index in [0.29, 0.717) is 16.4 Å². The van der Waals surface area contributed by atoms with E-state index in [1.54, 1.807) is 24.1 Å². The van der Waals surface area contributed by atoms with Crippen LogP contribution in [0.25, 0.3) is 0 Å². The van der Waals surface area contributed by atoms with E-state index >= 15 is 0 Å². The number of rotatable bonds is 6. The van der Waals surface area contributed by atoms with Crippen molar-refractivity contribution in [1.82, 2.24) is 4.90 Å². The van der Waals surface area contributed by atoms with Crippen molar-refractivity contribution in [2.45, 2.75) is 11.4 Å². The van der Waals surface area contributed by atoms with Crippen molar-refractivity contribution in [3.63, 3.8) is 0 Å². The number of carbonyl (C=O) groups excluding carboxylic acids is 2. The first-order valence-electron chi connectivity index (χ1n) is 6.47. The van der Waals surface area contributed by atoms with Gasteiger partial charge in [-0.15, -0.1) is 23.1 Å². The van der Waals surface area contributed by atoms with Crippen LogP contribution >= 0.6 is 34.7 Å². The van der Waals surface area contributed by atoms with Crippen LogP contribution in [0.3, 0.4) is 0 Å². The van der Waals surface area contributed by atoms with Crippen molar-refractivity contribution < 1.29 is 9.59 Å². The lowest BCUT2D eigenvalue weighted by molar-refractivity contribution is -0.115. The van der Waals surface area contributed by atoms with E-state index in [1.165, 1.54) is 23.1 Å². The molecule has 0 saturated heterocycles. The zero-order valence-electron chi connectivity index (χ0n) is 11.9. The molecule has 4 nitrogen and oxygen atoms in total. The van der Waals surface area contributed by atoms with E-state index in [1.807, 2.05) is 24.3 Å². The number of amides is 2. The third-order valence-corrected chi connectivity index (χ3v) is 5.17. The molecule has 2 aromatic rings. The maximum absolute atomic E-state index is 12.6. The first-order valence-corrected chi connectivity index (χ1v) is 8.65. The largest absolute Gasteiger partial charge is 0.369 e. The van der Waals surface area contributed by atoms with Gasteiger partial charge >= 0.3 is 0 Å². The Hall–Kier alpha value is -1.50. The molecule has 0 aliphatic heterocycles. The Bertz CT molecular complexity index is 688. The number of thioether (sulfide) groups is 1. The fraction of sp³-hybridized carbons (Fsp3) is 0.200. The standard InChI is InChI=1S/C15H15ClN2O2S2/c1-18(8-10-6-7-13(16)22-10)15(20)11-4-2-3-5-12(11)21-9-14(17)19/h2-7H,8-9H2,1H3,(H2,17,19).